The molecule has 0 aliphatic carbocycles. The van der Waals surface area contributed by atoms with Crippen LogP contribution in [-0.4, -0.2) is 29.6 Å². The van der Waals surface area contributed by atoms with Gasteiger partial charge < -0.3 is 20.3 Å². The summed E-state index contributed by atoms with van der Waals surface area (Å²) in [5, 5.41) is 22.4. The van der Waals surface area contributed by atoms with Crippen LogP contribution in [-0.2, 0) is 9.59 Å². The summed E-state index contributed by atoms with van der Waals surface area (Å²) in [7, 11) is 0. The van der Waals surface area contributed by atoms with E-state index >= 15 is 0 Å². The predicted octanol–water partition coefficient (Wildman–Crippen LogP) is 0.264. The number of carboxylic acids is 2. The molecule has 0 aromatic heterocycles. The summed E-state index contributed by atoms with van der Waals surface area (Å²) in [6.07, 6.45) is 15.1. The molecule has 142 valence electrons. The van der Waals surface area contributed by atoms with Gasteiger partial charge in [0.05, 0.1) is 5.97 Å². The average Bonchev–Trinajstić information content (AvgIpc) is 2.54. The van der Waals surface area contributed by atoms with Crippen molar-refractivity contribution < 1.29 is 49.4 Å². The van der Waals surface area contributed by atoms with Gasteiger partial charge in [0.2, 0.25) is 0 Å². The van der Waals surface area contributed by atoms with Crippen LogP contribution in [0.1, 0.15) is 96.8 Å². The summed E-state index contributed by atoms with van der Waals surface area (Å²) in [4.78, 5) is 21.4. The Morgan fingerprint density at radius 3 is 1.72 bits per heavy atom. The van der Waals surface area contributed by atoms with Gasteiger partial charge in [0.15, 0.2) is 0 Å². The molecule has 0 heterocycles. The van der Waals surface area contributed by atoms with E-state index in [0.717, 1.165) is 12.8 Å². The van der Waals surface area contributed by atoms with Gasteiger partial charge >= 0.3 is 35.5 Å². The Kier molecular flexibility index (Phi) is 21.9. The van der Waals surface area contributed by atoms with Crippen LogP contribution in [0.15, 0.2) is 0 Å². The second-order valence-electron chi connectivity index (χ2n) is 6.65. The van der Waals surface area contributed by atoms with Crippen molar-refractivity contribution in [2.45, 2.75) is 103 Å². The maximum absolute atomic E-state index is 10.9. The molecule has 25 heavy (non-hydrogen) atoms. The van der Waals surface area contributed by atoms with E-state index in [9.17, 15) is 14.7 Å². The topological polar surface area (TPSA) is 89.5 Å². The minimum absolute atomic E-state index is 0. The van der Waals surface area contributed by atoms with Gasteiger partial charge in [0.25, 0.3) is 0 Å². The van der Waals surface area contributed by atoms with E-state index in [2.05, 4.69) is 12.2 Å². The molecule has 6 heteroatoms. The summed E-state index contributed by atoms with van der Waals surface area (Å²) in [5.41, 5.74) is 0. The summed E-state index contributed by atoms with van der Waals surface area (Å²) < 4.78 is 0. The zero-order valence-corrected chi connectivity index (χ0v) is 18.4. The fourth-order valence-electron chi connectivity index (χ4n) is 2.81. The summed E-state index contributed by atoms with van der Waals surface area (Å²) in [6.45, 7) is 2.85. The van der Waals surface area contributed by atoms with Crippen molar-refractivity contribution in [2.75, 3.05) is 6.54 Å². The van der Waals surface area contributed by atoms with Crippen molar-refractivity contribution in [1.82, 2.24) is 5.32 Å². The molecule has 0 saturated carbocycles. The van der Waals surface area contributed by atoms with Crippen LogP contribution in [0.25, 0.3) is 0 Å². The molecule has 0 bridgehead atoms. The van der Waals surface area contributed by atoms with E-state index in [0.29, 0.717) is 6.54 Å². The Balaban J connectivity index is 0. The third kappa shape index (κ3) is 20.1. The number of hydrogen-bond donors (Lipinski definition) is 2. The molecule has 0 amide bonds. The Hall–Kier alpha value is -0.100. The number of hydrogen-bond acceptors (Lipinski definition) is 4. The SMILES string of the molecule is CCCCCCCCCCCCCCN[C@@H](CCC(=O)O)C(=O)[O-].[Na+]. The Morgan fingerprint density at radius 1 is 0.880 bits per heavy atom. The number of carboxylic acid groups (broad SMARTS) is 2. The first-order valence-electron chi connectivity index (χ1n) is 9.74. The van der Waals surface area contributed by atoms with Crippen LogP contribution in [0.2, 0.25) is 0 Å². The van der Waals surface area contributed by atoms with Crippen LogP contribution in [0, 0.1) is 0 Å². The second-order valence-corrected chi connectivity index (χ2v) is 6.65. The summed E-state index contributed by atoms with van der Waals surface area (Å²) in [5.74, 6) is -2.19. The van der Waals surface area contributed by atoms with Crippen molar-refractivity contribution in [2.24, 2.45) is 0 Å². The molecule has 0 aromatic carbocycles. The fraction of sp³-hybridized carbons (Fsp3) is 0.895. The number of carbonyl (C=O) groups excluding carboxylic acids is 1. The molecule has 0 spiro atoms. The Labute approximate surface area is 175 Å². The first kappa shape index (κ1) is 27.1. The average molecular weight is 365 g/mol. The third-order valence-corrected chi connectivity index (χ3v) is 4.35. The van der Waals surface area contributed by atoms with E-state index in [1.165, 1.54) is 64.2 Å². The number of unbranched alkanes of at least 4 members (excludes halogenated alkanes) is 11. The van der Waals surface area contributed by atoms with Gasteiger partial charge in [-0.2, -0.15) is 0 Å². The van der Waals surface area contributed by atoms with Crippen LogP contribution >= 0.6 is 0 Å². The molecule has 0 saturated heterocycles. The fourth-order valence-corrected chi connectivity index (χ4v) is 2.81. The largest absolute Gasteiger partial charge is 1.00 e. The van der Waals surface area contributed by atoms with Crippen molar-refractivity contribution in [3.8, 4) is 0 Å². The quantitative estimate of drug-likeness (QED) is 0.269. The smallest absolute Gasteiger partial charge is 0.548 e. The van der Waals surface area contributed by atoms with Crippen LogP contribution in [0.4, 0.5) is 0 Å². The number of aliphatic carboxylic acids is 2. The van der Waals surface area contributed by atoms with Gasteiger partial charge in [-0.05, 0) is 19.4 Å². The molecule has 0 fully saturated rings. The maximum Gasteiger partial charge on any atom is 1.00 e. The third-order valence-electron chi connectivity index (χ3n) is 4.35. The molecule has 0 rings (SSSR count). The molecule has 0 radical (unpaired) electrons. The molecule has 0 unspecified atom stereocenters. The molecule has 2 N–H and O–H groups in total. The number of carbonyl (C=O) groups is 2. The van der Waals surface area contributed by atoms with Gasteiger partial charge in [0, 0.05) is 12.5 Å². The maximum atomic E-state index is 10.9. The van der Waals surface area contributed by atoms with Gasteiger partial charge in [0.1, 0.15) is 0 Å². The Morgan fingerprint density at radius 2 is 1.32 bits per heavy atom. The standard InChI is InChI=1S/C19H37NO4.Na/c1-2-3-4-5-6-7-8-9-10-11-12-13-16-20-17(19(23)24)14-15-18(21)22;/h17,20H,2-16H2,1H3,(H,21,22)(H,23,24);/q;+1/p-1/t17-;/m0./s1. The minimum atomic E-state index is -1.21. The molecule has 0 aromatic rings. The Bertz CT molecular complexity index is 327. The molecular formula is C19H36NNaO4. The zero-order valence-electron chi connectivity index (χ0n) is 16.4. The van der Waals surface area contributed by atoms with Crippen LogP contribution in [0.5, 0.6) is 0 Å². The molecular weight excluding hydrogens is 329 g/mol. The van der Waals surface area contributed by atoms with Crippen molar-refractivity contribution in [1.29, 1.82) is 0 Å². The minimum Gasteiger partial charge on any atom is -0.548 e. The van der Waals surface area contributed by atoms with Crippen LogP contribution < -0.4 is 40.0 Å². The second kappa shape index (κ2) is 20.2. The van der Waals surface area contributed by atoms with E-state index in [-0.39, 0.29) is 42.4 Å². The normalized spacial score (nSPS) is 11.7. The van der Waals surface area contributed by atoms with E-state index < -0.39 is 18.0 Å². The van der Waals surface area contributed by atoms with Gasteiger partial charge in [-0.1, -0.05) is 77.6 Å². The first-order valence-corrected chi connectivity index (χ1v) is 9.74. The molecule has 0 aliphatic rings. The van der Waals surface area contributed by atoms with Gasteiger partial charge in [-0.3, -0.25) is 4.79 Å². The summed E-state index contributed by atoms with van der Waals surface area (Å²) in [6, 6.07) is -0.853. The van der Waals surface area contributed by atoms with Crippen molar-refractivity contribution in [3.05, 3.63) is 0 Å². The zero-order chi connectivity index (χ0) is 18.0. The molecule has 1 atom stereocenters. The van der Waals surface area contributed by atoms with Crippen molar-refractivity contribution in [3.63, 3.8) is 0 Å². The van der Waals surface area contributed by atoms with E-state index in [1.807, 2.05) is 0 Å². The van der Waals surface area contributed by atoms with Crippen LogP contribution in [0.3, 0.4) is 0 Å². The first-order chi connectivity index (χ1) is 11.6. The summed E-state index contributed by atoms with van der Waals surface area (Å²) >= 11 is 0. The molecule has 0 aliphatic heterocycles. The molecule has 5 nitrogen and oxygen atoms in total. The monoisotopic (exact) mass is 365 g/mol. The van der Waals surface area contributed by atoms with Gasteiger partial charge in [-0.25, -0.2) is 0 Å². The van der Waals surface area contributed by atoms with Crippen molar-refractivity contribution >= 4 is 11.9 Å². The number of nitrogens with one attached hydrogen (secondary N) is 1. The predicted molar refractivity (Wildman–Crippen MR) is 94.7 cm³/mol. The van der Waals surface area contributed by atoms with E-state index in [4.69, 9.17) is 5.11 Å². The van der Waals surface area contributed by atoms with Gasteiger partial charge in [-0.15, -0.1) is 0 Å². The van der Waals surface area contributed by atoms with E-state index in [1.54, 1.807) is 0 Å². The number of rotatable bonds is 18.